The lowest BCUT2D eigenvalue weighted by molar-refractivity contribution is -0.108. The average Bonchev–Trinajstić information content (AvgIpc) is 2.78. The highest BCUT2D eigenvalue weighted by atomic mass is 32.1. The average molecular weight is 218 g/mol. The Hall–Kier alpha value is -1.55. The smallest absolute Gasteiger partial charge is 0.128 e. The van der Waals surface area contributed by atoms with Crippen LogP contribution in [0.5, 0.6) is 0 Å². The van der Waals surface area contributed by atoms with Crippen molar-refractivity contribution in [1.29, 1.82) is 0 Å². The Bertz CT molecular complexity index is 453. The maximum atomic E-state index is 10.6. The van der Waals surface area contributed by atoms with Crippen LogP contribution in [0.25, 0.3) is 10.6 Å². The number of rotatable bonds is 3. The van der Waals surface area contributed by atoms with Crippen LogP contribution < -0.4 is 0 Å². The van der Waals surface area contributed by atoms with E-state index in [4.69, 9.17) is 0 Å². The van der Waals surface area contributed by atoms with Crippen molar-refractivity contribution in [2.45, 2.75) is 12.8 Å². The summed E-state index contributed by atoms with van der Waals surface area (Å²) in [6.45, 7) is 1.84. The summed E-state index contributed by atoms with van der Waals surface area (Å²) >= 11 is 1.54. The molecule has 15 heavy (non-hydrogen) atoms. The number of thiazole rings is 1. The van der Waals surface area contributed by atoms with Crippen molar-refractivity contribution in [3.05, 3.63) is 35.6 Å². The molecule has 0 aliphatic heterocycles. The van der Waals surface area contributed by atoms with Crippen molar-refractivity contribution < 1.29 is 4.79 Å². The second-order valence-electron chi connectivity index (χ2n) is 3.24. The molecule has 4 heteroatoms. The van der Waals surface area contributed by atoms with Crippen LogP contribution >= 0.6 is 11.3 Å². The van der Waals surface area contributed by atoms with Gasteiger partial charge >= 0.3 is 0 Å². The van der Waals surface area contributed by atoms with Crippen LogP contribution in [0, 0.1) is 0 Å². The minimum Gasteiger partial charge on any atom is -0.303 e. The van der Waals surface area contributed by atoms with Gasteiger partial charge in [-0.05, 0) is 12.1 Å². The molecule has 2 aromatic heterocycles. The highest BCUT2D eigenvalue weighted by Crippen LogP contribution is 2.25. The zero-order valence-electron chi connectivity index (χ0n) is 8.25. The summed E-state index contributed by atoms with van der Waals surface area (Å²) in [4.78, 5) is 19.0. The number of carbonyl (C=O) groups is 1. The molecule has 2 rings (SSSR count). The first-order chi connectivity index (χ1) is 7.31. The minimum absolute atomic E-state index is 0.133. The Labute approximate surface area is 91.8 Å². The van der Waals surface area contributed by atoms with E-state index in [1.54, 1.807) is 12.4 Å². The van der Waals surface area contributed by atoms with Crippen molar-refractivity contribution in [3.8, 4) is 10.6 Å². The predicted octanol–water partition coefficient (Wildman–Crippen LogP) is 2.51. The van der Waals surface area contributed by atoms with E-state index in [0.717, 1.165) is 22.6 Å². The third-order valence-corrected chi connectivity index (χ3v) is 3.01. The number of aromatic nitrogens is 2. The third kappa shape index (κ3) is 2.10. The van der Waals surface area contributed by atoms with Crippen LogP contribution in [0.2, 0.25) is 0 Å². The van der Waals surface area contributed by atoms with Gasteiger partial charge in [0, 0.05) is 23.3 Å². The highest BCUT2D eigenvalue weighted by Gasteiger charge is 2.09. The monoisotopic (exact) mass is 218 g/mol. The third-order valence-electron chi connectivity index (χ3n) is 2.10. The molecule has 0 aliphatic carbocycles. The Morgan fingerprint density at radius 3 is 3.07 bits per heavy atom. The summed E-state index contributed by atoms with van der Waals surface area (Å²) in [5, 5.41) is 2.83. The van der Waals surface area contributed by atoms with Gasteiger partial charge in [-0.3, -0.25) is 4.98 Å². The van der Waals surface area contributed by atoms with Gasteiger partial charge in [0.05, 0.1) is 11.6 Å². The van der Waals surface area contributed by atoms with E-state index in [-0.39, 0.29) is 5.92 Å². The fraction of sp³-hybridized carbons (Fsp3) is 0.182. The molecule has 0 aromatic carbocycles. The SMILES string of the molecule is CC(C=O)c1csc(-c2cccnc2)n1. The summed E-state index contributed by atoms with van der Waals surface area (Å²) < 4.78 is 0. The number of aldehydes is 1. The maximum absolute atomic E-state index is 10.6. The van der Waals surface area contributed by atoms with Crippen LogP contribution in [-0.4, -0.2) is 16.3 Å². The van der Waals surface area contributed by atoms with Gasteiger partial charge in [0.25, 0.3) is 0 Å². The molecule has 0 fully saturated rings. The van der Waals surface area contributed by atoms with E-state index in [1.807, 2.05) is 24.4 Å². The fourth-order valence-corrected chi connectivity index (χ4v) is 2.10. The van der Waals surface area contributed by atoms with Crippen LogP contribution in [0.1, 0.15) is 18.5 Å². The van der Waals surface area contributed by atoms with E-state index in [1.165, 1.54) is 11.3 Å². The molecule has 2 aromatic rings. The quantitative estimate of drug-likeness (QED) is 0.743. The summed E-state index contributed by atoms with van der Waals surface area (Å²) in [7, 11) is 0. The van der Waals surface area contributed by atoms with Crippen molar-refractivity contribution in [1.82, 2.24) is 9.97 Å². The molecule has 0 spiro atoms. The molecule has 0 N–H and O–H groups in total. The summed E-state index contributed by atoms with van der Waals surface area (Å²) in [5.74, 6) is -0.133. The van der Waals surface area contributed by atoms with Gasteiger partial charge in [-0.1, -0.05) is 6.92 Å². The van der Waals surface area contributed by atoms with Gasteiger partial charge in [-0.25, -0.2) is 4.98 Å². The van der Waals surface area contributed by atoms with E-state index < -0.39 is 0 Å². The van der Waals surface area contributed by atoms with Gasteiger partial charge in [0.15, 0.2) is 0 Å². The first kappa shape index (κ1) is 9.98. The lowest BCUT2D eigenvalue weighted by Crippen LogP contribution is -1.94. The van der Waals surface area contributed by atoms with Crippen LogP contribution in [0.15, 0.2) is 29.9 Å². The molecule has 0 saturated heterocycles. The lowest BCUT2D eigenvalue weighted by Gasteiger charge is -1.96. The van der Waals surface area contributed by atoms with Crippen molar-refractivity contribution in [2.24, 2.45) is 0 Å². The lowest BCUT2D eigenvalue weighted by atomic mass is 10.1. The molecule has 76 valence electrons. The molecule has 0 saturated carbocycles. The van der Waals surface area contributed by atoms with Gasteiger partial charge < -0.3 is 4.79 Å². The van der Waals surface area contributed by atoms with Crippen molar-refractivity contribution in [2.75, 3.05) is 0 Å². The zero-order chi connectivity index (χ0) is 10.7. The molecule has 1 unspecified atom stereocenters. The predicted molar refractivity (Wildman–Crippen MR) is 59.8 cm³/mol. The van der Waals surface area contributed by atoms with Gasteiger partial charge in [0.2, 0.25) is 0 Å². The molecule has 1 atom stereocenters. The maximum Gasteiger partial charge on any atom is 0.128 e. The Balaban J connectivity index is 2.32. The molecule has 0 amide bonds. The molecule has 0 radical (unpaired) electrons. The summed E-state index contributed by atoms with van der Waals surface area (Å²) in [6.07, 6.45) is 4.41. The van der Waals surface area contributed by atoms with E-state index in [9.17, 15) is 4.79 Å². The molecule has 0 bridgehead atoms. The Morgan fingerprint density at radius 2 is 2.40 bits per heavy atom. The van der Waals surface area contributed by atoms with Gasteiger partial charge in [0.1, 0.15) is 11.3 Å². The van der Waals surface area contributed by atoms with Crippen LogP contribution in [0.4, 0.5) is 0 Å². The van der Waals surface area contributed by atoms with Gasteiger partial charge in [-0.15, -0.1) is 11.3 Å². The molecular weight excluding hydrogens is 208 g/mol. The second-order valence-corrected chi connectivity index (χ2v) is 4.10. The first-order valence-electron chi connectivity index (χ1n) is 4.62. The summed E-state index contributed by atoms with van der Waals surface area (Å²) in [6, 6.07) is 3.83. The topological polar surface area (TPSA) is 42.9 Å². The number of carbonyl (C=O) groups excluding carboxylic acids is 1. The highest BCUT2D eigenvalue weighted by molar-refractivity contribution is 7.13. The van der Waals surface area contributed by atoms with E-state index in [0.29, 0.717) is 0 Å². The fourth-order valence-electron chi connectivity index (χ4n) is 1.19. The van der Waals surface area contributed by atoms with Crippen LogP contribution in [0.3, 0.4) is 0 Å². The number of hydrogen-bond donors (Lipinski definition) is 0. The Morgan fingerprint density at radius 1 is 1.53 bits per heavy atom. The van der Waals surface area contributed by atoms with E-state index in [2.05, 4.69) is 9.97 Å². The largest absolute Gasteiger partial charge is 0.303 e. The van der Waals surface area contributed by atoms with Crippen LogP contribution in [-0.2, 0) is 4.79 Å². The van der Waals surface area contributed by atoms with Crippen molar-refractivity contribution >= 4 is 17.6 Å². The molecule has 0 aliphatic rings. The first-order valence-corrected chi connectivity index (χ1v) is 5.50. The number of hydrogen-bond acceptors (Lipinski definition) is 4. The molecule has 2 heterocycles. The normalized spacial score (nSPS) is 12.3. The molecule has 3 nitrogen and oxygen atoms in total. The van der Waals surface area contributed by atoms with Crippen molar-refractivity contribution in [3.63, 3.8) is 0 Å². The zero-order valence-corrected chi connectivity index (χ0v) is 9.07. The number of pyridine rings is 1. The van der Waals surface area contributed by atoms with Gasteiger partial charge in [-0.2, -0.15) is 0 Å². The number of nitrogens with zero attached hydrogens (tertiary/aromatic N) is 2. The van der Waals surface area contributed by atoms with E-state index >= 15 is 0 Å². The second kappa shape index (κ2) is 4.31. The summed E-state index contributed by atoms with van der Waals surface area (Å²) in [5.41, 5.74) is 1.82. The Kier molecular flexibility index (Phi) is 2.87. The minimum atomic E-state index is -0.133. The molecular formula is C11H10N2OS. The standard InChI is InChI=1S/C11H10N2OS/c1-8(6-14)10-7-15-11(13-10)9-3-2-4-12-5-9/h2-8H,1H3.